The Morgan fingerprint density at radius 3 is 2.77 bits per heavy atom. The smallest absolute Gasteiger partial charge is 0.419 e. The van der Waals surface area contributed by atoms with Crippen molar-refractivity contribution in [3.8, 4) is 10.7 Å². The molecule has 1 unspecified atom stereocenters. The standard InChI is InChI=1S/C14H17BrN2O4S/c1-14(2,3)21-13(20)17-9(4-5-11(17)15)12-16-8(7-22-12)10(19)6-18/h4-5,7,10,18-19H,6H2,1-3H3. The van der Waals surface area contributed by atoms with Gasteiger partial charge >= 0.3 is 6.09 Å². The van der Waals surface area contributed by atoms with Crippen molar-refractivity contribution in [1.82, 2.24) is 9.55 Å². The van der Waals surface area contributed by atoms with Gasteiger partial charge in [-0.1, -0.05) is 0 Å². The highest BCUT2D eigenvalue weighted by molar-refractivity contribution is 9.10. The molecule has 8 heteroatoms. The molecule has 2 rings (SSSR count). The first-order chi connectivity index (χ1) is 10.2. The monoisotopic (exact) mass is 388 g/mol. The number of rotatable bonds is 3. The Morgan fingerprint density at radius 2 is 2.18 bits per heavy atom. The largest absolute Gasteiger partial charge is 0.443 e. The van der Waals surface area contributed by atoms with Crippen LogP contribution in [0, 0.1) is 0 Å². The van der Waals surface area contributed by atoms with Crippen molar-refractivity contribution >= 4 is 33.4 Å². The van der Waals surface area contributed by atoms with E-state index in [0.717, 1.165) is 0 Å². The highest BCUT2D eigenvalue weighted by Crippen LogP contribution is 2.30. The number of carbonyl (C=O) groups is 1. The lowest BCUT2D eigenvalue weighted by molar-refractivity contribution is 0.0536. The molecule has 2 heterocycles. The third kappa shape index (κ3) is 3.75. The molecule has 0 spiro atoms. The van der Waals surface area contributed by atoms with Crippen LogP contribution in [0.3, 0.4) is 0 Å². The fourth-order valence-corrected chi connectivity index (χ4v) is 3.07. The van der Waals surface area contributed by atoms with Crippen LogP contribution in [-0.2, 0) is 4.74 Å². The van der Waals surface area contributed by atoms with E-state index in [1.54, 1.807) is 38.3 Å². The first-order valence-corrected chi connectivity index (χ1v) is 8.25. The minimum atomic E-state index is -1.03. The fourth-order valence-electron chi connectivity index (χ4n) is 1.72. The molecule has 0 radical (unpaired) electrons. The number of hydrogen-bond acceptors (Lipinski definition) is 6. The van der Waals surface area contributed by atoms with E-state index in [-0.39, 0.29) is 0 Å². The molecule has 120 valence electrons. The number of carbonyl (C=O) groups excluding carboxylic acids is 1. The first kappa shape index (κ1) is 17.1. The van der Waals surface area contributed by atoms with Gasteiger partial charge in [0, 0.05) is 5.38 Å². The normalized spacial score (nSPS) is 13.2. The molecule has 0 bridgehead atoms. The molecule has 6 nitrogen and oxygen atoms in total. The number of ether oxygens (including phenoxy) is 1. The average Bonchev–Trinajstić information content (AvgIpc) is 3.01. The molecular weight excluding hydrogens is 372 g/mol. The van der Waals surface area contributed by atoms with Gasteiger partial charge in [0.15, 0.2) is 0 Å². The van der Waals surface area contributed by atoms with Crippen LogP contribution in [0.25, 0.3) is 10.7 Å². The van der Waals surface area contributed by atoms with Crippen LogP contribution in [0.5, 0.6) is 0 Å². The van der Waals surface area contributed by atoms with Crippen molar-refractivity contribution < 1.29 is 19.7 Å². The molecule has 0 aliphatic heterocycles. The Balaban J connectivity index is 2.37. The second-order valence-electron chi connectivity index (χ2n) is 5.63. The van der Waals surface area contributed by atoms with E-state index in [0.29, 0.717) is 21.0 Å². The summed E-state index contributed by atoms with van der Waals surface area (Å²) in [4.78, 5) is 16.6. The molecule has 2 aromatic rings. The van der Waals surface area contributed by atoms with Crippen LogP contribution in [-0.4, -0.2) is 38.1 Å². The van der Waals surface area contributed by atoms with Crippen LogP contribution >= 0.6 is 27.3 Å². The van der Waals surface area contributed by atoms with Gasteiger partial charge in [-0.3, -0.25) is 0 Å². The Kier molecular flexibility index (Phi) is 5.06. The number of thiazole rings is 1. The van der Waals surface area contributed by atoms with Crippen LogP contribution in [0.2, 0.25) is 0 Å². The molecule has 1 atom stereocenters. The third-order valence-corrected chi connectivity index (χ3v) is 4.17. The van der Waals surface area contributed by atoms with E-state index in [2.05, 4.69) is 20.9 Å². The maximum atomic E-state index is 12.3. The Labute approximate surface area is 140 Å². The van der Waals surface area contributed by atoms with Crippen LogP contribution in [0.15, 0.2) is 22.1 Å². The van der Waals surface area contributed by atoms with Gasteiger partial charge in [0.1, 0.15) is 16.7 Å². The van der Waals surface area contributed by atoms with E-state index >= 15 is 0 Å². The van der Waals surface area contributed by atoms with Crippen molar-refractivity contribution in [3.63, 3.8) is 0 Å². The van der Waals surface area contributed by atoms with Crippen LogP contribution in [0.1, 0.15) is 32.6 Å². The van der Waals surface area contributed by atoms with E-state index in [1.807, 2.05) is 0 Å². The maximum absolute atomic E-state index is 12.3. The molecule has 0 aliphatic rings. The molecule has 0 saturated heterocycles. The lowest BCUT2D eigenvalue weighted by Crippen LogP contribution is -2.27. The van der Waals surface area contributed by atoms with Crippen molar-refractivity contribution in [1.29, 1.82) is 0 Å². The van der Waals surface area contributed by atoms with Crippen molar-refractivity contribution in [2.75, 3.05) is 6.61 Å². The molecule has 2 N–H and O–H groups in total. The summed E-state index contributed by atoms with van der Waals surface area (Å²) in [5.41, 5.74) is 0.317. The Bertz CT molecular complexity index is 675. The lowest BCUT2D eigenvalue weighted by atomic mass is 10.2. The average molecular weight is 389 g/mol. The van der Waals surface area contributed by atoms with Gasteiger partial charge in [-0.05, 0) is 48.8 Å². The zero-order valence-electron chi connectivity index (χ0n) is 12.4. The Hall–Kier alpha value is -1.22. The molecular formula is C14H17BrN2O4S. The molecule has 0 aliphatic carbocycles. The second-order valence-corrected chi connectivity index (χ2v) is 7.30. The van der Waals surface area contributed by atoms with Gasteiger partial charge < -0.3 is 14.9 Å². The van der Waals surface area contributed by atoms with Crippen LogP contribution in [0.4, 0.5) is 4.79 Å². The topological polar surface area (TPSA) is 84.6 Å². The highest BCUT2D eigenvalue weighted by Gasteiger charge is 2.23. The first-order valence-electron chi connectivity index (χ1n) is 6.58. The maximum Gasteiger partial charge on any atom is 0.419 e. The van der Waals surface area contributed by atoms with Gasteiger partial charge in [0.05, 0.1) is 22.6 Å². The van der Waals surface area contributed by atoms with Crippen LogP contribution < -0.4 is 0 Å². The number of nitrogens with zero attached hydrogens (tertiary/aromatic N) is 2. The summed E-state index contributed by atoms with van der Waals surface area (Å²) in [5, 5.41) is 20.8. The highest BCUT2D eigenvalue weighted by atomic mass is 79.9. The van der Waals surface area contributed by atoms with Gasteiger partial charge in [-0.25, -0.2) is 14.3 Å². The molecule has 0 fully saturated rings. The van der Waals surface area contributed by atoms with E-state index in [4.69, 9.17) is 9.84 Å². The summed E-state index contributed by atoms with van der Waals surface area (Å²) in [5.74, 6) is 0. The zero-order chi connectivity index (χ0) is 16.5. The predicted molar refractivity (Wildman–Crippen MR) is 86.9 cm³/mol. The van der Waals surface area contributed by atoms with Gasteiger partial charge in [0.25, 0.3) is 0 Å². The summed E-state index contributed by atoms with van der Waals surface area (Å²) < 4.78 is 7.31. The quantitative estimate of drug-likeness (QED) is 0.843. The minimum Gasteiger partial charge on any atom is -0.443 e. The van der Waals surface area contributed by atoms with Gasteiger partial charge in [0.2, 0.25) is 0 Å². The zero-order valence-corrected chi connectivity index (χ0v) is 14.8. The minimum absolute atomic E-state index is 0.371. The third-order valence-electron chi connectivity index (χ3n) is 2.66. The summed E-state index contributed by atoms with van der Waals surface area (Å²) in [7, 11) is 0. The lowest BCUT2D eigenvalue weighted by Gasteiger charge is -2.20. The van der Waals surface area contributed by atoms with E-state index in [9.17, 15) is 9.90 Å². The van der Waals surface area contributed by atoms with Gasteiger partial charge in [-0.15, -0.1) is 11.3 Å². The van der Waals surface area contributed by atoms with Crippen molar-refractivity contribution in [2.24, 2.45) is 0 Å². The number of halogens is 1. The number of aliphatic hydroxyl groups excluding tert-OH is 2. The molecule has 22 heavy (non-hydrogen) atoms. The fraction of sp³-hybridized carbons (Fsp3) is 0.429. The molecule has 0 amide bonds. The summed E-state index contributed by atoms with van der Waals surface area (Å²) in [6.45, 7) is 4.98. The van der Waals surface area contributed by atoms with E-state index < -0.39 is 24.4 Å². The van der Waals surface area contributed by atoms with Gasteiger partial charge in [-0.2, -0.15) is 0 Å². The summed E-state index contributed by atoms with van der Waals surface area (Å²) in [6, 6.07) is 3.46. The number of hydrogen-bond donors (Lipinski definition) is 2. The SMILES string of the molecule is CC(C)(C)OC(=O)n1c(Br)ccc1-c1nc(C(O)CO)cs1. The second kappa shape index (κ2) is 6.49. The molecule has 0 saturated carbocycles. The predicted octanol–water partition coefficient (Wildman–Crippen LogP) is 3.18. The summed E-state index contributed by atoms with van der Waals surface area (Å²) >= 11 is 4.60. The van der Waals surface area contributed by atoms with E-state index in [1.165, 1.54) is 15.9 Å². The van der Waals surface area contributed by atoms with Crippen molar-refractivity contribution in [3.05, 3.63) is 27.8 Å². The molecule has 2 aromatic heterocycles. The number of aromatic nitrogens is 2. The molecule has 0 aromatic carbocycles. The Morgan fingerprint density at radius 1 is 1.50 bits per heavy atom. The van der Waals surface area contributed by atoms with Crippen molar-refractivity contribution in [2.45, 2.75) is 32.5 Å². The summed E-state index contributed by atoms with van der Waals surface area (Å²) in [6.07, 6.45) is -1.54. The number of aliphatic hydroxyl groups is 2.